The van der Waals surface area contributed by atoms with Gasteiger partial charge in [-0.3, -0.25) is 9.59 Å². The number of aromatic nitrogens is 2. The second-order valence-electron chi connectivity index (χ2n) is 7.13. The van der Waals surface area contributed by atoms with E-state index in [1.165, 1.54) is 11.8 Å². The summed E-state index contributed by atoms with van der Waals surface area (Å²) >= 11 is 2.82. The Morgan fingerprint density at radius 2 is 2.33 bits per heavy atom. The third kappa shape index (κ3) is 5.12. The molecule has 1 saturated heterocycles. The molecule has 6 nitrogen and oxygen atoms in total. The number of carbonyl (C=O) groups excluding carboxylic acids is 1. The van der Waals surface area contributed by atoms with Crippen LogP contribution in [0, 0.1) is 12.8 Å². The van der Waals surface area contributed by atoms with Crippen molar-refractivity contribution in [2.75, 3.05) is 18.9 Å². The van der Waals surface area contributed by atoms with Crippen molar-refractivity contribution >= 4 is 39.2 Å². The van der Waals surface area contributed by atoms with Gasteiger partial charge in [-0.15, -0.1) is 11.3 Å². The Kier molecular flexibility index (Phi) is 6.94. The van der Waals surface area contributed by atoms with Crippen molar-refractivity contribution in [2.45, 2.75) is 57.7 Å². The van der Waals surface area contributed by atoms with Crippen LogP contribution in [0.1, 0.15) is 43.6 Å². The van der Waals surface area contributed by atoms with Crippen LogP contribution in [-0.2, 0) is 16.0 Å². The van der Waals surface area contributed by atoms with E-state index >= 15 is 0 Å². The van der Waals surface area contributed by atoms with Gasteiger partial charge in [0, 0.05) is 18.0 Å². The van der Waals surface area contributed by atoms with Crippen LogP contribution in [0.15, 0.2) is 9.95 Å². The lowest BCUT2D eigenvalue weighted by atomic mass is 9.98. The number of hydrogen-bond donors (Lipinski definition) is 2. The monoisotopic (exact) mass is 409 g/mol. The molecule has 2 atom stereocenters. The molecule has 8 heteroatoms. The van der Waals surface area contributed by atoms with Crippen molar-refractivity contribution < 1.29 is 9.53 Å². The summed E-state index contributed by atoms with van der Waals surface area (Å²) in [6.07, 6.45) is 4.16. The van der Waals surface area contributed by atoms with Gasteiger partial charge in [0.05, 0.1) is 17.2 Å². The quantitative estimate of drug-likeness (QED) is 0.516. The van der Waals surface area contributed by atoms with Crippen LogP contribution < -0.4 is 10.9 Å². The second kappa shape index (κ2) is 9.21. The third-order valence-electron chi connectivity index (χ3n) is 4.98. The second-order valence-corrected chi connectivity index (χ2v) is 9.30. The van der Waals surface area contributed by atoms with E-state index in [0.717, 1.165) is 47.6 Å². The fourth-order valence-corrected chi connectivity index (χ4v) is 4.98. The first-order chi connectivity index (χ1) is 13.0. The number of aromatic amines is 1. The molecule has 2 aromatic rings. The lowest BCUT2D eigenvalue weighted by molar-refractivity contribution is -0.119. The number of ether oxygens (including phenoxy) is 1. The number of nitrogens with zero attached hydrogens (tertiary/aromatic N) is 1. The van der Waals surface area contributed by atoms with E-state index in [1.807, 2.05) is 0 Å². The Bertz CT molecular complexity index is 856. The van der Waals surface area contributed by atoms with E-state index in [2.05, 4.69) is 36.1 Å². The minimum atomic E-state index is -0.107. The zero-order valence-corrected chi connectivity index (χ0v) is 17.7. The third-order valence-corrected chi connectivity index (χ3v) is 6.90. The van der Waals surface area contributed by atoms with Crippen LogP contribution in [0.4, 0.5) is 0 Å². The number of H-pyrrole nitrogens is 1. The Morgan fingerprint density at radius 1 is 1.52 bits per heavy atom. The number of nitrogens with one attached hydrogen (secondary N) is 2. The van der Waals surface area contributed by atoms with Crippen molar-refractivity contribution in [1.29, 1.82) is 0 Å². The van der Waals surface area contributed by atoms with Crippen LogP contribution >= 0.6 is 23.1 Å². The molecule has 0 aliphatic carbocycles. The average Bonchev–Trinajstić information content (AvgIpc) is 3.26. The van der Waals surface area contributed by atoms with E-state index in [-0.39, 0.29) is 23.3 Å². The fraction of sp³-hybridized carbons (Fsp3) is 0.632. The summed E-state index contributed by atoms with van der Waals surface area (Å²) < 4.78 is 5.50. The molecule has 1 aliphatic heterocycles. The number of aryl methyl sites for hydroxylation is 1. The largest absolute Gasteiger partial charge is 0.376 e. The highest BCUT2D eigenvalue weighted by atomic mass is 32.2. The van der Waals surface area contributed by atoms with Crippen molar-refractivity contribution in [1.82, 2.24) is 15.3 Å². The molecule has 0 aromatic carbocycles. The van der Waals surface area contributed by atoms with Gasteiger partial charge in [0.1, 0.15) is 4.83 Å². The maximum absolute atomic E-state index is 12.6. The molecule has 3 heterocycles. The first-order valence-corrected chi connectivity index (χ1v) is 11.3. The van der Waals surface area contributed by atoms with Crippen molar-refractivity contribution in [3.63, 3.8) is 0 Å². The molecule has 1 fully saturated rings. The van der Waals surface area contributed by atoms with Gasteiger partial charge in [-0.05, 0) is 37.7 Å². The zero-order chi connectivity index (χ0) is 19.4. The number of fused-ring (bicyclic) bond motifs is 1. The van der Waals surface area contributed by atoms with Gasteiger partial charge in [-0.2, -0.15) is 0 Å². The molecule has 0 unspecified atom stereocenters. The van der Waals surface area contributed by atoms with Crippen LogP contribution in [-0.4, -0.2) is 40.9 Å². The standard InChI is InChI=1S/C19H27N3O3S2/c1-4-11(2)8-14-12(3)27-18-16(14)17(24)21-19(22-18)26-10-15(23)20-9-13-6-5-7-25-13/h11,13H,4-10H2,1-3H3,(H,20,23)(H,21,22,24)/t11-,13-/m0/s1. The lowest BCUT2D eigenvalue weighted by Gasteiger charge is -2.10. The van der Waals surface area contributed by atoms with Gasteiger partial charge in [-0.25, -0.2) is 4.98 Å². The summed E-state index contributed by atoms with van der Waals surface area (Å²) in [4.78, 5) is 34.0. The summed E-state index contributed by atoms with van der Waals surface area (Å²) in [6, 6.07) is 0. The predicted molar refractivity (Wildman–Crippen MR) is 111 cm³/mol. The highest BCUT2D eigenvalue weighted by Gasteiger charge is 2.18. The molecule has 148 valence electrons. The number of thioether (sulfide) groups is 1. The summed E-state index contributed by atoms with van der Waals surface area (Å²) in [5, 5.41) is 4.10. The maximum atomic E-state index is 12.6. The highest BCUT2D eigenvalue weighted by molar-refractivity contribution is 7.99. The minimum absolute atomic E-state index is 0.0712. The summed E-state index contributed by atoms with van der Waals surface area (Å²) in [5.74, 6) is 0.686. The number of carbonyl (C=O) groups is 1. The molecule has 27 heavy (non-hydrogen) atoms. The molecule has 0 bridgehead atoms. The SMILES string of the molecule is CC[C@H](C)Cc1c(C)sc2nc(SCC(=O)NC[C@@H]3CCCO3)[nH]c(=O)c12. The number of hydrogen-bond acceptors (Lipinski definition) is 6. The van der Waals surface area contributed by atoms with Gasteiger partial charge in [-0.1, -0.05) is 32.0 Å². The molecule has 2 aromatic heterocycles. The van der Waals surface area contributed by atoms with Crippen LogP contribution in [0.2, 0.25) is 0 Å². The Balaban J connectivity index is 1.65. The summed E-state index contributed by atoms with van der Waals surface area (Å²) in [7, 11) is 0. The first kappa shape index (κ1) is 20.4. The number of rotatable bonds is 8. The van der Waals surface area contributed by atoms with Crippen LogP contribution in [0.25, 0.3) is 10.2 Å². The normalized spacial score (nSPS) is 18.1. The molecular formula is C19H27N3O3S2. The van der Waals surface area contributed by atoms with E-state index < -0.39 is 0 Å². The molecule has 1 amide bonds. The molecule has 3 rings (SSSR count). The molecule has 0 spiro atoms. The Labute approximate surface area is 167 Å². The van der Waals surface area contributed by atoms with Crippen LogP contribution in [0.3, 0.4) is 0 Å². The predicted octanol–water partition coefficient (Wildman–Crippen LogP) is 3.27. The minimum Gasteiger partial charge on any atom is -0.376 e. The van der Waals surface area contributed by atoms with E-state index in [9.17, 15) is 9.59 Å². The summed E-state index contributed by atoms with van der Waals surface area (Å²) in [5.41, 5.74) is 1.01. The maximum Gasteiger partial charge on any atom is 0.260 e. The fourth-order valence-electron chi connectivity index (χ4n) is 3.18. The van der Waals surface area contributed by atoms with Gasteiger partial charge in [0.15, 0.2) is 5.16 Å². The van der Waals surface area contributed by atoms with E-state index in [1.54, 1.807) is 11.3 Å². The molecular weight excluding hydrogens is 382 g/mol. The van der Waals surface area contributed by atoms with Crippen LogP contribution in [0.5, 0.6) is 0 Å². The first-order valence-electron chi connectivity index (χ1n) is 9.51. The Morgan fingerprint density at radius 3 is 3.04 bits per heavy atom. The molecule has 2 N–H and O–H groups in total. The molecule has 1 aliphatic rings. The van der Waals surface area contributed by atoms with Gasteiger partial charge >= 0.3 is 0 Å². The molecule has 0 saturated carbocycles. The smallest absolute Gasteiger partial charge is 0.260 e. The van der Waals surface area contributed by atoms with Crippen molar-refractivity contribution in [2.24, 2.45) is 5.92 Å². The van der Waals surface area contributed by atoms with Crippen molar-refractivity contribution in [3.05, 3.63) is 20.8 Å². The van der Waals surface area contributed by atoms with Gasteiger partial charge in [0.2, 0.25) is 5.91 Å². The molecule has 0 radical (unpaired) electrons. The Hall–Kier alpha value is -1.38. The lowest BCUT2D eigenvalue weighted by Crippen LogP contribution is -2.33. The number of thiophene rings is 1. The van der Waals surface area contributed by atoms with Crippen molar-refractivity contribution in [3.8, 4) is 0 Å². The van der Waals surface area contributed by atoms with Gasteiger partial charge < -0.3 is 15.0 Å². The highest BCUT2D eigenvalue weighted by Crippen LogP contribution is 2.30. The van der Waals surface area contributed by atoms with E-state index in [4.69, 9.17) is 4.74 Å². The topological polar surface area (TPSA) is 84.1 Å². The van der Waals surface area contributed by atoms with Gasteiger partial charge in [0.25, 0.3) is 5.56 Å². The number of amides is 1. The van der Waals surface area contributed by atoms with E-state index in [0.29, 0.717) is 23.0 Å². The summed E-state index contributed by atoms with van der Waals surface area (Å²) in [6.45, 7) is 7.74. The average molecular weight is 410 g/mol. The zero-order valence-electron chi connectivity index (χ0n) is 16.1.